The Morgan fingerprint density at radius 1 is 1.50 bits per heavy atom. The number of nitrogens with one attached hydrogen (secondary N) is 1. The summed E-state index contributed by atoms with van der Waals surface area (Å²) in [7, 11) is 1.79. The lowest BCUT2D eigenvalue weighted by atomic mass is 10.2. The van der Waals surface area contributed by atoms with Crippen molar-refractivity contribution in [2.45, 2.75) is 25.8 Å². The molecule has 0 aromatic carbocycles. The van der Waals surface area contributed by atoms with E-state index in [1.54, 1.807) is 24.1 Å². The molecule has 0 saturated heterocycles. The van der Waals surface area contributed by atoms with Crippen LogP contribution in [0.15, 0.2) is 23.0 Å². The third-order valence-electron chi connectivity index (χ3n) is 3.23. The molecule has 16 heavy (non-hydrogen) atoms. The molecule has 1 amide bonds. The third kappa shape index (κ3) is 2.15. The van der Waals surface area contributed by atoms with E-state index >= 15 is 0 Å². The van der Waals surface area contributed by atoms with E-state index in [1.165, 1.54) is 18.9 Å². The molecule has 0 aliphatic heterocycles. The van der Waals surface area contributed by atoms with Gasteiger partial charge in [0.15, 0.2) is 0 Å². The lowest BCUT2D eigenvalue weighted by molar-refractivity contribution is 0.0721. The molecule has 2 rings (SSSR count). The van der Waals surface area contributed by atoms with Crippen LogP contribution in [-0.4, -0.2) is 28.9 Å². The number of carbonyl (C=O) groups excluding carboxylic acids is 1. The van der Waals surface area contributed by atoms with Crippen LogP contribution >= 0.6 is 0 Å². The summed E-state index contributed by atoms with van der Waals surface area (Å²) in [6.45, 7) is 2.05. The number of nitrogens with zero attached hydrogens (tertiary/aromatic N) is 1. The van der Waals surface area contributed by atoms with Crippen LogP contribution in [0.1, 0.15) is 30.3 Å². The molecule has 1 fully saturated rings. The Morgan fingerprint density at radius 2 is 2.19 bits per heavy atom. The Labute approximate surface area is 94.3 Å². The standard InChI is InChI=1S/C12H16N2O2/c1-8(9-6-7-9)14(2)12(16)10-4-3-5-11(15)13-10/h3-5,8-9H,6-7H2,1-2H3,(H,13,15). The van der Waals surface area contributed by atoms with Crippen molar-refractivity contribution < 1.29 is 4.79 Å². The van der Waals surface area contributed by atoms with E-state index in [-0.39, 0.29) is 17.5 Å². The molecule has 1 aromatic heterocycles. The molecule has 1 aliphatic rings. The van der Waals surface area contributed by atoms with Gasteiger partial charge in [0.25, 0.3) is 5.91 Å². The predicted octanol–water partition coefficient (Wildman–Crippen LogP) is 1.25. The lowest BCUT2D eigenvalue weighted by Gasteiger charge is -2.24. The zero-order valence-electron chi connectivity index (χ0n) is 9.56. The van der Waals surface area contributed by atoms with Crippen molar-refractivity contribution in [3.05, 3.63) is 34.2 Å². The van der Waals surface area contributed by atoms with Crippen LogP contribution in [0.5, 0.6) is 0 Å². The molecule has 4 nitrogen and oxygen atoms in total. The maximum atomic E-state index is 12.0. The second kappa shape index (κ2) is 4.12. The van der Waals surface area contributed by atoms with Gasteiger partial charge < -0.3 is 9.88 Å². The molecule has 1 atom stereocenters. The fourth-order valence-electron chi connectivity index (χ4n) is 1.84. The molecular weight excluding hydrogens is 204 g/mol. The average molecular weight is 220 g/mol. The first-order chi connectivity index (χ1) is 7.59. The number of hydrogen-bond acceptors (Lipinski definition) is 2. The molecule has 0 bridgehead atoms. The number of hydrogen-bond donors (Lipinski definition) is 1. The Balaban J connectivity index is 2.14. The van der Waals surface area contributed by atoms with Crippen LogP contribution in [-0.2, 0) is 0 Å². The van der Waals surface area contributed by atoms with Crippen molar-refractivity contribution in [1.29, 1.82) is 0 Å². The first-order valence-corrected chi connectivity index (χ1v) is 5.56. The smallest absolute Gasteiger partial charge is 0.270 e. The van der Waals surface area contributed by atoms with Gasteiger partial charge in [-0.15, -0.1) is 0 Å². The first kappa shape index (κ1) is 10.9. The minimum Gasteiger partial charge on any atom is -0.337 e. The monoisotopic (exact) mass is 220 g/mol. The molecule has 1 unspecified atom stereocenters. The van der Waals surface area contributed by atoms with Gasteiger partial charge in [0.05, 0.1) is 0 Å². The van der Waals surface area contributed by atoms with E-state index < -0.39 is 0 Å². The van der Waals surface area contributed by atoms with Crippen molar-refractivity contribution in [1.82, 2.24) is 9.88 Å². The number of aromatic nitrogens is 1. The largest absolute Gasteiger partial charge is 0.337 e. The highest BCUT2D eigenvalue weighted by Crippen LogP contribution is 2.34. The zero-order valence-corrected chi connectivity index (χ0v) is 9.56. The van der Waals surface area contributed by atoms with E-state index in [1.807, 2.05) is 0 Å². The SMILES string of the molecule is CC(C1CC1)N(C)C(=O)c1cccc(=O)[nH]1. The van der Waals surface area contributed by atoms with E-state index in [9.17, 15) is 9.59 Å². The fraction of sp³-hybridized carbons (Fsp3) is 0.500. The van der Waals surface area contributed by atoms with E-state index in [4.69, 9.17) is 0 Å². The van der Waals surface area contributed by atoms with Gasteiger partial charge in [-0.25, -0.2) is 0 Å². The summed E-state index contributed by atoms with van der Waals surface area (Å²) in [6, 6.07) is 4.89. The predicted molar refractivity (Wildman–Crippen MR) is 61.3 cm³/mol. The molecule has 1 aliphatic carbocycles. The number of amides is 1. The fourth-order valence-corrected chi connectivity index (χ4v) is 1.84. The number of carbonyl (C=O) groups is 1. The molecule has 4 heteroatoms. The third-order valence-corrected chi connectivity index (χ3v) is 3.23. The van der Waals surface area contributed by atoms with Crippen molar-refractivity contribution >= 4 is 5.91 Å². The average Bonchev–Trinajstić information content (AvgIpc) is 3.10. The molecule has 1 N–H and O–H groups in total. The van der Waals surface area contributed by atoms with Crippen molar-refractivity contribution in [3.8, 4) is 0 Å². The van der Waals surface area contributed by atoms with Gasteiger partial charge in [0, 0.05) is 19.2 Å². The molecule has 0 spiro atoms. The number of rotatable bonds is 3. The molecular formula is C12H16N2O2. The highest BCUT2D eigenvalue weighted by molar-refractivity contribution is 5.92. The second-order valence-corrected chi connectivity index (χ2v) is 4.42. The summed E-state index contributed by atoms with van der Waals surface area (Å²) in [4.78, 5) is 27.4. The topological polar surface area (TPSA) is 53.2 Å². The molecule has 1 aromatic rings. The summed E-state index contributed by atoms with van der Waals surface area (Å²) in [5.41, 5.74) is 0.126. The number of H-pyrrole nitrogens is 1. The first-order valence-electron chi connectivity index (χ1n) is 5.56. The van der Waals surface area contributed by atoms with Crippen LogP contribution in [0.3, 0.4) is 0 Å². The summed E-state index contributed by atoms with van der Waals surface area (Å²) >= 11 is 0. The van der Waals surface area contributed by atoms with Gasteiger partial charge in [-0.2, -0.15) is 0 Å². The van der Waals surface area contributed by atoms with Crippen molar-refractivity contribution in [2.24, 2.45) is 5.92 Å². The minimum absolute atomic E-state index is 0.114. The van der Waals surface area contributed by atoms with Gasteiger partial charge in [0.1, 0.15) is 5.69 Å². The number of aromatic amines is 1. The molecule has 0 radical (unpaired) electrons. The Morgan fingerprint density at radius 3 is 2.75 bits per heavy atom. The van der Waals surface area contributed by atoms with Gasteiger partial charge in [-0.1, -0.05) is 6.07 Å². The Hall–Kier alpha value is -1.58. The van der Waals surface area contributed by atoms with E-state index in [2.05, 4.69) is 11.9 Å². The molecule has 86 valence electrons. The zero-order chi connectivity index (χ0) is 11.7. The van der Waals surface area contributed by atoms with E-state index in [0.717, 1.165) is 0 Å². The lowest BCUT2D eigenvalue weighted by Crippen LogP contribution is -2.37. The van der Waals surface area contributed by atoms with Crippen molar-refractivity contribution in [2.75, 3.05) is 7.05 Å². The summed E-state index contributed by atoms with van der Waals surface area (Å²) in [5, 5.41) is 0. The maximum Gasteiger partial charge on any atom is 0.270 e. The van der Waals surface area contributed by atoms with Crippen LogP contribution in [0.2, 0.25) is 0 Å². The number of pyridine rings is 1. The minimum atomic E-state index is -0.238. The Bertz CT molecular complexity index is 448. The van der Waals surface area contributed by atoms with E-state index in [0.29, 0.717) is 11.6 Å². The van der Waals surface area contributed by atoms with Crippen LogP contribution in [0, 0.1) is 5.92 Å². The van der Waals surface area contributed by atoms with Crippen LogP contribution in [0.25, 0.3) is 0 Å². The summed E-state index contributed by atoms with van der Waals surface area (Å²) in [5.74, 6) is 0.515. The quantitative estimate of drug-likeness (QED) is 0.833. The van der Waals surface area contributed by atoms with Gasteiger partial charge in [0.2, 0.25) is 5.56 Å². The highest BCUT2D eigenvalue weighted by Gasteiger charge is 2.32. The van der Waals surface area contributed by atoms with Crippen LogP contribution < -0.4 is 5.56 Å². The van der Waals surface area contributed by atoms with Crippen molar-refractivity contribution in [3.63, 3.8) is 0 Å². The van der Waals surface area contributed by atoms with Gasteiger partial charge in [-0.05, 0) is 31.7 Å². The summed E-state index contributed by atoms with van der Waals surface area (Å²) < 4.78 is 0. The van der Waals surface area contributed by atoms with Crippen LogP contribution in [0.4, 0.5) is 0 Å². The normalized spacial score (nSPS) is 16.9. The highest BCUT2D eigenvalue weighted by atomic mass is 16.2. The second-order valence-electron chi connectivity index (χ2n) is 4.42. The summed E-state index contributed by atoms with van der Waals surface area (Å²) in [6.07, 6.45) is 2.40. The molecule has 1 saturated carbocycles. The van der Waals surface area contributed by atoms with Gasteiger partial charge >= 0.3 is 0 Å². The maximum absolute atomic E-state index is 12.0. The van der Waals surface area contributed by atoms with Gasteiger partial charge in [-0.3, -0.25) is 9.59 Å². The Kier molecular flexibility index (Phi) is 2.81. The molecule has 1 heterocycles.